The quantitative estimate of drug-likeness (QED) is 0.605. The summed E-state index contributed by atoms with van der Waals surface area (Å²) in [6, 6.07) is 3.89. The van der Waals surface area contributed by atoms with Crippen LogP contribution in [0.1, 0.15) is 5.56 Å². The van der Waals surface area contributed by atoms with Crippen LogP contribution in [0.4, 0.5) is 17.1 Å². The molecule has 1 aromatic rings. The highest BCUT2D eigenvalue weighted by molar-refractivity contribution is 5.77. The van der Waals surface area contributed by atoms with Gasteiger partial charge in [-0.15, -0.1) is 0 Å². The van der Waals surface area contributed by atoms with Crippen LogP contribution in [-0.2, 0) is 0 Å². The van der Waals surface area contributed by atoms with Crippen molar-refractivity contribution in [2.75, 3.05) is 38.1 Å². The summed E-state index contributed by atoms with van der Waals surface area (Å²) in [6.45, 7) is 2.25. The van der Waals surface area contributed by atoms with Gasteiger partial charge >= 0.3 is 11.4 Å². The third kappa shape index (κ3) is 2.90. The molecule has 110 valence electrons. The molecule has 0 aromatic heterocycles. The van der Waals surface area contributed by atoms with Crippen LogP contribution in [0.15, 0.2) is 12.1 Å². The standard InChI is InChI=1S/C12H13N5O4/c1-14-2-4-15(5-3-14)12-10(16(18)19)6-9(8-13)7-11(12)17(20)21/h6-7H,2-5H2,1H3. The molecule has 9 nitrogen and oxygen atoms in total. The van der Waals surface area contributed by atoms with Crippen LogP contribution in [0.5, 0.6) is 0 Å². The van der Waals surface area contributed by atoms with E-state index in [9.17, 15) is 20.2 Å². The highest BCUT2D eigenvalue weighted by Gasteiger charge is 2.32. The van der Waals surface area contributed by atoms with Crippen LogP contribution in [0, 0.1) is 31.6 Å². The number of nitro benzene ring substituents is 2. The molecule has 0 bridgehead atoms. The Morgan fingerprint density at radius 1 is 1.10 bits per heavy atom. The van der Waals surface area contributed by atoms with Gasteiger partial charge in [0.1, 0.15) is 0 Å². The zero-order valence-electron chi connectivity index (χ0n) is 11.4. The fraction of sp³-hybridized carbons (Fsp3) is 0.417. The van der Waals surface area contributed by atoms with Gasteiger partial charge in [-0.1, -0.05) is 0 Å². The smallest absolute Gasteiger partial charge is 0.300 e. The van der Waals surface area contributed by atoms with Gasteiger partial charge in [0.05, 0.1) is 21.5 Å². The van der Waals surface area contributed by atoms with Gasteiger partial charge in [0.2, 0.25) is 0 Å². The van der Waals surface area contributed by atoms with E-state index in [-0.39, 0.29) is 11.3 Å². The lowest BCUT2D eigenvalue weighted by Gasteiger charge is -2.33. The van der Waals surface area contributed by atoms with Crippen molar-refractivity contribution in [3.05, 3.63) is 37.9 Å². The van der Waals surface area contributed by atoms with Gasteiger partial charge in [0.15, 0.2) is 5.69 Å². The van der Waals surface area contributed by atoms with Crippen molar-refractivity contribution in [1.29, 1.82) is 5.26 Å². The maximum Gasteiger partial charge on any atom is 0.300 e. The first kappa shape index (κ1) is 14.7. The third-order valence-corrected chi connectivity index (χ3v) is 3.41. The summed E-state index contributed by atoms with van der Waals surface area (Å²) in [4.78, 5) is 24.7. The maximum absolute atomic E-state index is 11.2. The summed E-state index contributed by atoms with van der Waals surface area (Å²) in [7, 11) is 1.92. The van der Waals surface area contributed by atoms with Crippen LogP contribution in [0.2, 0.25) is 0 Å². The summed E-state index contributed by atoms with van der Waals surface area (Å²) in [5, 5.41) is 31.3. The average molecular weight is 291 g/mol. The molecule has 9 heteroatoms. The summed E-state index contributed by atoms with van der Waals surface area (Å²) >= 11 is 0. The Hall–Kier alpha value is -2.73. The number of hydrogen-bond acceptors (Lipinski definition) is 7. The number of nitro groups is 2. The van der Waals surface area contributed by atoms with Crippen molar-refractivity contribution in [3.8, 4) is 6.07 Å². The van der Waals surface area contributed by atoms with Crippen LogP contribution in [-0.4, -0.2) is 48.0 Å². The number of piperazine rings is 1. The minimum atomic E-state index is -0.679. The van der Waals surface area contributed by atoms with E-state index >= 15 is 0 Å². The zero-order valence-corrected chi connectivity index (χ0v) is 11.4. The van der Waals surface area contributed by atoms with Crippen LogP contribution in [0.3, 0.4) is 0 Å². The molecule has 1 aliphatic rings. The van der Waals surface area contributed by atoms with Crippen molar-refractivity contribution >= 4 is 17.1 Å². The van der Waals surface area contributed by atoms with Crippen molar-refractivity contribution in [2.45, 2.75) is 0 Å². The van der Waals surface area contributed by atoms with E-state index in [4.69, 9.17) is 5.26 Å². The number of anilines is 1. The number of rotatable bonds is 3. The molecule has 1 saturated heterocycles. The van der Waals surface area contributed by atoms with E-state index < -0.39 is 21.2 Å². The van der Waals surface area contributed by atoms with Gasteiger partial charge in [-0.25, -0.2) is 0 Å². The molecule has 0 unspecified atom stereocenters. The summed E-state index contributed by atoms with van der Waals surface area (Å²) < 4.78 is 0. The lowest BCUT2D eigenvalue weighted by Crippen LogP contribution is -2.44. The lowest BCUT2D eigenvalue weighted by atomic mass is 10.1. The number of likely N-dealkylation sites (N-methyl/N-ethyl adjacent to an activating group) is 1. The molecule has 0 saturated carbocycles. The molecular formula is C12H13N5O4. The van der Waals surface area contributed by atoms with Gasteiger partial charge in [0.25, 0.3) is 0 Å². The highest BCUT2D eigenvalue weighted by Crippen LogP contribution is 2.38. The van der Waals surface area contributed by atoms with Crippen LogP contribution in [0.25, 0.3) is 0 Å². The fourth-order valence-electron chi connectivity index (χ4n) is 2.30. The van der Waals surface area contributed by atoms with E-state index in [0.29, 0.717) is 26.2 Å². The Labute approximate surface area is 120 Å². The van der Waals surface area contributed by atoms with Gasteiger partial charge in [-0.05, 0) is 7.05 Å². The predicted molar refractivity (Wildman–Crippen MR) is 74.2 cm³/mol. The van der Waals surface area contributed by atoms with Crippen LogP contribution < -0.4 is 4.90 Å². The molecule has 0 spiro atoms. The lowest BCUT2D eigenvalue weighted by molar-refractivity contribution is -0.392. The van der Waals surface area contributed by atoms with E-state index in [1.807, 2.05) is 11.9 Å². The minimum Gasteiger partial charge on any atom is -0.358 e. The number of nitrogens with zero attached hydrogens (tertiary/aromatic N) is 5. The molecule has 1 aliphatic heterocycles. The monoisotopic (exact) mass is 291 g/mol. The van der Waals surface area contributed by atoms with Crippen molar-refractivity contribution in [1.82, 2.24) is 4.90 Å². The molecule has 1 heterocycles. The maximum atomic E-state index is 11.2. The number of nitriles is 1. The first-order valence-electron chi connectivity index (χ1n) is 6.24. The van der Waals surface area contributed by atoms with Crippen molar-refractivity contribution < 1.29 is 9.85 Å². The average Bonchev–Trinajstić information content (AvgIpc) is 2.46. The second-order valence-electron chi connectivity index (χ2n) is 4.78. The second-order valence-corrected chi connectivity index (χ2v) is 4.78. The Kier molecular flexibility index (Phi) is 4.00. The summed E-state index contributed by atoms with van der Waals surface area (Å²) in [5.74, 6) is 0. The molecular weight excluding hydrogens is 278 g/mol. The molecule has 0 amide bonds. The first-order valence-corrected chi connectivity index (χ1v) is 6.24. The normalized spacial score (nSPS) is 15.5. The third-order valence-electron chi connectivity index (χ3n) is 3.41. The molecule has 2 rings (SSSR count). The van der Waals surface area contributed by atoms with E-state index in [1.54, 1.807) is 11.0 Å². The van der Waals surface area contributed by atoms with E-state index in [1.165, 1.54) is 0 Å². The Bertz CT molecular complexity index is 596. The SMILES string of the molecule is CN1CCN(c2c([N+](=O)[O-])cc(C#N)cc2[N+](=O)[O-])CC1. The summed E-state index contributed by atoms with van der Waals surface area (Å²) in [5.41, 5.74) is -0.904. The van der Waals surface area contributed by atoms with E-state index in [0.717, 1.165) is 12.1 Å². The molecule has 0 N–H and O–H groups in total. The Balaban J connectivity index is 2.58. The summed E-state index contributed by atoms with van der Waals surface area (Å²) in [6.07, 6.45) is 0. The van der Waals surface area contributed by atoms with Crippen molar-refractivity contribution in [3.63, 3.8) is 0 Å². The molecule has 1 aromatic carbocycles. The molecule has 0 radical (unpaired) electrons. The minimum absolute atomic E-state index is 0.0166. The fourth-order valence-corrected chi connectivity index (χ4v) is 2.30. The van der Waals surface area contributed by atoms with Gasteiger partial charge in [0, 0.05) is 38.3 Å². The topological polar surface area (TPSA) is 117 Å². The second kappa shape index (κ2) is 5.72. The predicted octanol–water partition coefficient (Wildman–Crippen LogP) is 1.13. The van der Waals surface area contributed by atoms with Gasteiger partial charge in [-0.2, -0.15) is 5.26 Å². The molecule has 21 heavy (non-hydrogen) atoms. The number of benzene rings is 1. The number of hydrogen-bond donors (Lipinski definition) is 0. The molecule has 0 atom stereocenters. The zero-order chi connectivity index (χ0) is 15.6. The highest BCUT2D eigenvalue weighted by atomic mass is 16.6. The van der Waals surface area contributed by atoms with Crippen LogP contribution >= 0.6 is 0 Å². The molecule has 0 aliphatic carbocycles. The Morgan fingerprint density at radius 3 is 1.95 bits per heavy atom. The van der Waals surface area contributed by atoms with Crippen molar-refractivity contribution in [2.24, 2.45) is 0 Å². The first-order chi connectivity index (χ1) is 9.93. The molecule has 1 fully saturated rings. The van der Waals surface area contributed by atoms with E-state index in [2.05, 4.69) is 0 Å². The Morgan fingerprint density at radius 2 is 1.57 bits per heavy atom. The largest absolute Gasteiger partial charge is 0.358 e. The van der Waals surface area contributed by atoms with Gasteiger partial charge in [-0.3, -0.25) is 20.2 Å². The van der Waals surface area contributed by atoms with Gasteiger partial charge < -0.3 is 9.80 Å².